The average Bonchev–Trinajstić information content (AvgIpc) is 3.04. The number of rotatable bonds is 3. The first-order valence-electron chi connectivity index (χ1n) is 7.24. The number of benzene rings is 1. The normalized spacial score (nSPS) is 15.2. The van der Waals surface area contributed by atoms with E-state index >= 15 is 0 Å². The minimum absolute atomic E-state index is 0.0379. The van der Waals surface area contributed by atoms with Crippen LogP contribution in [0.15, 0.2) is 29.6 Å². The van der Waals surface area contributed by atoms with Crippen molar-refractivity contribution in [3.8, 4) is 17.3 Å². The molecule has 0 unspecified atom stereocenters. The molecule has 0 bridgehead atoms. The number of carbonyl (C=O) groups is 1. The number of nitrogens with zero attached hydrogens (tertiary/aromatic N) is 2. The van der Waals surface area contributed by atoms with Crippen LogP contribution in [0.2, 0.25) is 0 Å². The monoisotopic (exact) mass is 312 g/mol. The van der Waals surface area contributed by atoms with E-state index in [4.69, 9.17) is 5.26 Å². The van der Waals surface area contributed by atoms with Crippen LogP contribution in [-0.4, -0.2) is 24.0 Å². The van der Waals surface area contributed by atoms with Crippen molar-refractivity contribution in [2.75, 3.05) is 18.4 Å². The van der Waals surface area contributed by atoms with Gasteiger partial charge in [0.05, 0.1) is 17.3 Å². The smallest absolute Gasteiger partial charge is 0.229 e. The SMILES string of the molecule is N#Cc1ccccc1-c1csc(NC(=O)C2CCNCC2)n1. The van der Waals surface area contributed by atoms with Gasteiger partial charge in [0, 0.05) is 16.9 Å². The summed E-state index contributed by atoms with van der Waals surface area (Å²) < 4.78 is 0. The van der Waals surface area contributed by atoms with Crippen molar-refractivity contribution in [1.29, 1.82) is 5.26 Å². The quantitative estimate of drug-likeness (QED) is 0.913. The Kier molecular flexibility index (Phi) is 4.47. The van der Waals surface area contributed by atoms with E-state index in [1.165, 1.54) is 11.3 Å². The van der Waals surface area contributed by atoms with Crippen molar-refractivity contribution in [3.63, 3.8) is 0 Å². The lowest BCUT2D eigenvalue weighted by Gasteiger charge is -2.20. The first-order valence-corrected chi connectivity index (χ1v) is 8.12. The summed E-state index contributed by atoms with van der Waals surface area (Å²) in [7, 11) is 0. The van der Waals surface area contributed by atoms with Gasteiger partial charge in [0.25, 0.3) is 0 Å². The average molecular weight is 312 g/mol. The largest absolute Gasteiger partial charge is 0.317 e. The minimum atomic E-state index is 0.0379. The standard InChI is InChI=1S/C16H16N4OS/c17-9-12-3-1-2-4-13(12)14-10-22-16(19-14)20-15(21)11-5-7-18-8-6-11/h1-4,10-11,18H,5-8H2,(H,19,20,21). The summed E-state index contributed by atoms with van der Waals surface area (Å²) in [5.41, 5.74) is 2.11. The third-order valence-electron chi connectivity index (χ3n) is 3.77. The molecule has 2 heterocycles. The zero-order valence-electron chi connectivity index (χ0n) is 12.0. The number of anilines is 1. The van der Waals surface area contributed by atoms with E-state index in [-0.39, 0.29) is 11.8 Å². The molecule has 6 heteroatoms. The van der Waals surface area contributed by atoms with Crippen molar-refractivity contribution >= 4 is 22.4 Å². The third-order valence-corrected chi connectivity index (χ3v) is 4.53. The van der Waals surface area contributed by atoms with E-state index in [1.54, 1.807) is 6.07 Å². The Morgan fingerprint density at radius 2 is 2.14 bits per heavy atom. The zero-order valence-corrected chi connectivity index (χ0v) is 12.8. The van der Waals surface area contributed by atoms with Gasteiger partial charge in [-0.2, -0.15) is 5.26 Å². The summed E-state index contributed by atoms with van der Waals surface area (Å²) >= 11 is 1.39. The van der Waals surface area contributed by atoms with Gasteiger partial charge in [-0.25, -0.2) is 4.98 Å². The highest BCUT2D eigenvalue weighted by Crippen LogP contribution is 2.28. The topological polar surface area (TPSA) is 77.8 Å². The molecular formula is C16H16N4OS. The van der Waals surface area contributed by atoms with Gasteiger partial charge >= 0.3 is 0 Å². The number of nitrogens with one attached hydrogen (secondary N) is 2. The van der Waals surface area contributed by atoms with Crippen LogP contribution >= 0.6 is 11.3 Å². The Hall–Kier alpha value is -2.23. The van der Waals surface area contributed by atoms with Crippen LogP contribution in [0.4, 0.5) is 5.13 Å². The van der Waals surface area contributed by atoms with E-state index in [2.05, 4.69) is 21.7 Å². The Morgan fingerprint density at radius 1 is 1.36 bits per heavy atom. The molecule has 1 aliphatic rings. The van der Waals surface area contributed by atoms with Gasteiger partial charge in [-0.15, -0.1) is 11.3 Å². The van der Waals surface area contributed by atoms with E-state index in [1.807, 2.05) is 23.6 Å². The van der Waals surface area contributed by atoms with Crippen LogP contribution in [0.25, 0.3) is 11.3 Å². The molecule has 3 rings (SSSR count). The van der Waals surface area contributed by atoms with Gasteiger partial charge in [0.1, 0.15) is 0 Å². The predicted octanol–water partition coefficient (Wildman–Crippen LogP) is 2.62. The fourth-order valence-electron chi connectivity index (χ4n) is 2.55. The molecule has 1 aromatic carbocycles. The molecule has 0 atom stereocenters. The Labute approximate surface area is 133 Å². The van der Waals surface area contributed by atoms with Crippen molar-refractivity contribution < 1.29 is 4.79 Å². The lowest BCUT2D eigenvalue weighted by Crippen LogP contribution is -2.34. The van der Waals surface area contributed by atoms with Crippen LogP contribution in [-0.2, 0) is 4.79 Å². The Morgan fingerprint density at radius 3 is 2.91 bits per heavy atom. The van der Waals surface area contributed by atoms with E-state index in [9.17, 15) is 4.79 Å². The lowest BCUT2D eigenvalue weighted by atomic mass is 9.97. The molecule has 0 radical (unpaired) electrons. The molecule has 0 aliphatic carbocycles. The zero-order chi connectivity index (χ0) is 15.4. The molecule has 1 amide bonds. The van der Waals surface area contributed by atoms with Crippen LogP contribution in [0.5, 0.6) is 0 Å². The number of carbonyl (C=O) groups excluding carboxylic acids is 1. The maximum absolute atomic E-state index is 12.2. The lowest BCUT2D eigenvalue weighted by molar-refractivity contribution is -0.120. The van der Waals surface area contributed by atoms with Crippen molar-refractivity contribution in [2.24, 2.45) is 5.92 Å². The molecule has 112 valence electrons. The summed E-state index contributed by atoms with van der Waals surface area (Å²) in [4.78, 5) is 16.7. The molecule has 2 aromatic rings. The summed E-state index contributed by atoms with van der Waals surface area (Å²) in [5, 5.41) is 17.8. The summed E-state index contributed by atoms with van der Waals surface area (Å²) in [6.07, 6.45) is 1.72. The molecule has 1 fully saturated rings. The highest BCUT2D eigenvalue weighted by Gasteiger charge is 2.21. The molecule has 22 heavy (non-hydrogen) atoms. The highest BCUT2D eigenvalue weighted by atomic mass is 32.1. The number of amides is 1. The maximum Gasteiger partial charge on any atom is 0.229 e. The molecule has 1 aliphatic heterocycles. The molecule has 1 saturated heterocycles. The van der Waals surface area contributed by atoms with Crippen LogP contribution in [0, 0.1) is 17.2 Å². The van der Waals surface area contributed by atoms with Gasteiger partial charge in [0.15, 0.2) is 5.13 Å². The summed E-state index contributed by atoms with van der Waals surface area (Å²) in [6, 6.07) is 9.50. The number of aromatic nitrogens is 1. The fraction of sp³-hybridized carbons (Fsp3) is 0.312. The van der Waals surface area contributed by atoms with Gasteiger partial charge in [-0.3, -0.25) is 4.79 Å². The number of hydrogen-bond donors (Lipinski definition) is 2. The minimum Gasteiger partial charge on any atom is -0.317 e. The first-order chi connectivity index (χ1) is 10.8. The van der Waals surface area contributed by atoms with Crippen molar-refractivity contribution in [1.82, 2.24) is 10.3 Å². The van der Waals surface area contributed by atoms with E-state index in [0.29, 0.717) is 10.7 Å². The van der Waals surface area contributed by atoms with Crippen LogP contribution in [0.1, 0.15) is 18.4 Å². The summed E-state index contributed by atoms with van der Waals surface area (Å²) in [5.74, 6) is 0.0935. The maximum atomic E-state index is 12.2. The summed E-state index contributed by atoms with van der Waals surface area (Å²) in [6.45, 7) is 1.77. The molecular weight excluding hydrogens is 296 g/mol. The number of piperidine rings is 1. The second-order valence-corrected chi connectivity index (χ2v) is 6.07. The molecule has 0 spiro atoms. The van der Waals surface area contributed by atoms with E-state index in [0.717, 1.165) is 37.2 Å². The number of hydrogen-bond acceptors (Lipinski definition) is 5. The predicted molar refractivity (Wildman–Crippen MR) is 86.5 cm³/mol. The molecule has 5 nitrogen and oxygen atoms in total. The van der Waals surface area contributed by atoms with Gasteiger partial charge < -0.3 is 10.6 Å². The number of thiazole rings is 1. The Bertz CT molecular complexity index is 713. The van der Waals surface area contributed by atoms with Crippen LogP contribution in [0.3, 0.4) is 0 Å². The van der Waals surface area contributed by atoms with Crippen LogP contribution < -0.4 is 10.6 Å². The molecule has 1 aromatic heterocycles. The van der Waals surface area contributed by atoms with Gasteiger partial charge in [0.2, 0.25) is 5.91 Å². The van der Waals surface area contributed by atoms with Crippen molar-refractivity contribution in [2.45, 2.75) is 12.8 Å². The third kappa shape index (κ3) is 3.16. The van der Waals surface area contributed by atoms with Gasteiger partial charge in [-0.05, 0) is 32.0 Å². The fourth-order valence-corrected chi connectivity index (χ4v) is 3.26. The second-order valence-electron chi connectivity index (χ2n) is 5.21. The molecule has 0 saturated carbocycles. The Balaban J connectivity index is 1.74. The second kappa shape index (κ2) is 6.69. The van der Waals surface area contributed by atoms with Crippen molar-refractivity contribution in [3.05, 3.63) is 35.2 Å². The van der Waals surface area contributed by atoms with Gasteiger partial charge in [-0.1, -0.05) is 18.2 Å². The highest BCUT2D eigenvalue weighted by molar-refractivity contribution is 7.14. The first kappa shape index (κ1) is 14.7. The van der Waals surface area contributed by atoms with E-state index < -0.39 is 0 Å². The number of nitriles is 1. The molecule has 2 N–H and O–H groups in total.